The molecule has 1 saturated heterocycles. The molecule has 154 valence electrons. The molecule has 1 fully saturated rings. The van der Waals surface area contributed by atoms with E-state index in [1.165, 1.54) is 39.6 Å². The third kappa shape index (κ3) is 6.14. The summed E-state index contributed by atoms with van der Waals surface area (Å²) in [7, 11) is 1.36. The predicted molar refractivity (Wildman–Crippen MR) is 95.1 cm³/mol. The molecule has 28 heavy (non-hydrogen) atoms. The van der Waals surface area contributed by atoms with Gasteiger partial charge >= 0.3 is 17.9 Å². The van der Waals surface area contributed by atoms with E-state index in [9.17, 15) is 14.4 Å². The number of rotatable bonds is 7. The van der Waals surface area contributed by atoms with E-state index in [0.29, 0.717) is 5.16 Å². The smallest absolute Gasteiger partial charge is 0.303 e. The normalized spacial score (nSPS) is 26.9. The topological polar surface area (TPSA) is 123 Å². The first kappa shape index (κ1) is 22.1. The Balaban J connectivity index is 2.29. The summed E-state index contributed by atoms with van der Waals surface area (Å²) in [5.41, 5.74) is 0. The lowest BCUT2D eigenvalue weighted by atomic mass is 9.98. The molecule has 1 aromatic heterocycles. The Morgan fingerprint density at radius 1 is 0.964 bits per heavy atom. The number of ether oxygens (including phenoxy) is 5. The van der Waals surface area contributed by atoms with E-state index in [0.717, 1.165) is 0 Å². The molecule has 1 aliphatic heterocycles. The Bertz CT molecular complexity index is 689. The van der Waals surface area contributed by atoms with Crippen LogP contribution in [0.2, 0.25) is 0 Å². The Morgan fingerprint density at radius 3 is 2.04 bits per heavy atom. The van der Waals surface area contributed by atoms with Crippen molar-refractivity contribution < 1.29 is 38.1 Å². The fourth-order valence-corrected chi connectivity index (χ4v) is 3.55. The van der Waals surface area contributed by atoms with Crippen LogP contribution in [0.15, 0.2) is 23.6 Å². The monoisotopic (exact) mass is 414 g/mol. The highest BCUT2D eigenvalue weighted by molar-refractivity contribution is 7.99. The molecule has 1 aliphatic rings. The largest absolute Gasteiger partial charge is 0.456 e. The van der Waals surface area contributed by atoms with Crippen LogP contribution in [0.25, 0.3) is 0 Å². The summed E-state index contributed by atoms with van der Waals surface area (Å²) in [5.74, 6) is -1.59. The van der Waals surface area contributed by atoms with Crippen LogP contribution < -0.4 is 0 Å². The van der Waals surface area contributed by atoms with Crippen LogP contribution in [0.5, 0.6) is 0 Å². The summed E-state index contributed by atoms with van der Waals surface area (Å²) in [6, 6.07) is 1.68. The molecule has 2 rings (SSSR count). The third-order valence-electron chi connectivity index (χ3n) is 3.65. The zero-order chi connectivity index (χ0) is 20.7. The van der Waals surface area contributed by atoms with Crippen LogP contribution >= 0.6 is 11.8 Å². The SMILES string of the molecule is CO[C@H]1O[C@H](CSc2ncccn2)[C@@H](OC(C)=O)[C@H](OC(C)=O)[C@H]1OC(C)=O. The number of thioether (sulfide) groups is 1. The Hall–Kier alpha value is -2.24. The second kappa shape index (κ2) is 10.3. The molecule has 10 nitrogen and oxygen atoms in total. The molecule has 0 amide bonds. The van der Waals surface area contributed by atoms with E-state index >= 15 is 0 Å². The molecule has 2 heterocycles. The molecular formula is C17H22N2O8S. The van der Waals surface area contributed by atoms with Crippen molar-refractivity contribution in [1.82, 2.24) is 9.97 Å². The van der Waals surface area contributed by atoms with Crippen LogP contribution in [0.3, 0.4) is 0 Å². The summed E-state index contributed by atoms with van der Waals surface area (Å²) in [5, 5.41) is 0.493. The molecule has 11 heteroatoms. The van der Waals surface area contributed by atoms with Crippen molar-refractivity contribution in [2.24, 2.45) is 0 Å². The molecule has 0 saturated carbocycles. The van der Waals surface area contributed by atoms with Gasteiger partial charge in [0.2, 0.25) is 0 Å². The van der Waals surface area contributed by atoms with Gasteiger partial charge in [-0.1, -0.05) is 11.8 Å². The summed E-state index contributed by atoms with van der Waals surface area (Å²) in [6.07, 6.45) is -1.81. The van der Waals surface area contributed by atoms with Crippen LogP contribution in [0.4, 0.5) is 0 Å². The highest BCUT2D eigenvalue weighted by Gasteiger charge is 2.52. The Morgan fingerprint density at radius 2 is 1.50 bits per heavy atom. The molecular weight excluding hydrogens is 392 g/mol. The first-order chi connectivity index (χ1) is 13.3. The van der Waals surface area contributed by atoms with E-state index in [2.05, 4.69) is 9.97 Å². The minimum atomic E-state index is -1.11. The molecule has 5 atom stereocenters. The molecule has 0 aliphatic carbocycles. The number of aromatic nitrogens is 2. The van der Waals surface area contributed by atoms with Gasteiger partial charge in [0.25, 0.3) is 0 Å². The Labute approximate surface area is 166 Å². The fraction of sp³-hybridized carbons (Fsp3) is 0.588. The highest BCUT2D eigenvalue weighted by atomic mass is 32.2. The minimum Gasteiger partial charge on any atom is -0.456 e. The van der Waals surface area contributed by atoms with Crippen molar-refractivity contribution >= 4 is 29.7 Å². The molecule has 0 spiro atoms. The van der Waals surface area contributed by atoms with Gasteiger partial charge in [-0.25, -0.2) is 9.97 Å². The van der Waals surface area contributed by atoms with Crippen LogP contribution in [0.1, 0.15) is 20.8 Å². The quantitative estimate of drug-likeness (QED) is 0.271. The van der Waals surface area contributed by atoms with Gasteiger partial charge in [-0.15, -0.1) is 0 Å². The number of hydrogen-bond acceptors (Lipinski definition) is 11. The van der Waals surface area contributed by atoms with Crippen molar-refractivity contribution in [3.8, 4) is 0 Å². The van der Waals surface area contributed by atoms with E-state index in [1.807, 2.05) is 0 Å². The number of nitrogens with zero attached hydrogens (tertiary/aromatic N) is 2. The van der Waals surface area contributed by atoms with E-state index < -0.39 is 48.6 Å². The van der Waals surface area contributed by atoms with Crippen molar-refractivity contribution in [2.75, 3.05) is 12.9 Å². The van der Waals surface area contributed by atoms with E-state index in [-0.39, 0.29) is 5.75 Å². The predicted octanol–water partition coefficient (Wildman–Crippen LogP) is 0.735. The van der Waals surface area contributed by atoms with Crippen molar-refractivity contribution in [2.45, 2.75) is 56.6 Å². The molecule has 1 aromatic rings. The second-order valence-electron chi connectivity index (χ2n) is 5.84. The maximum absolute atomic E-state index is 11.7. The number of carbonyl (C=O) groups is 3. The standard InChI is InChI=1S/C17H22N2O8S/c1-9(20)24-13-12(8-28-17-18-6-5-7-19-17)27-16(23-4)15(26-11(3)22)14(13)25-10(2)21/h5-7,12-16H,8H2,1-4H3/t12-,13-,14+,15-,16+/m1/s1. The highest BCUT2D eigenvalue weighted by Crippen LogP contribution is 2.31. The summed E-state index contributed by atoms with van der Waals surface area (Å²) in [4.78, 5) is 43.0. The van der Waals surface area contributed by atoms with Gasteiger partial charge in [-0.05, 0) is 6.07 Å². The minimum absolute atomic E-state index is 0.270. The van der Waals surface area contributed by atoms with Crippen LogP contribution in [0, 0.1) is 0 Å². The summed E-state index contributed by atoms with van der Waals surface area (Å²) in [6.45, 7) is 3.63. The number of methoxy groups -OCH3 is 1. The number of hydrogen-bond donors (Lipinski definition) is 0. The lowest BCUT2D eigenvalue weighted by Gasteiger charge is -2.43. The van der Waals surface area contributed by atoms with E-state index in [1.54, 1.807) is 18.5 Å². The summed E-state index contributed by atoms with van der Waals surface area (Å²) >= 11 is 1.26. The van der Waals surface area contributed by atoms with Gasteiger partial charge in [0, 0.05) is 46.0 Å². The maximum Gasteiger partial charge on any atom is 0.303 e. The maximum atomic E-state index is 11.7. The molecule has 0 unspecified atom stereocenters. The fourth-order valence-electron chi connectivity index (χ4n) is 2.70. The van der Waals surface area contributed by atoms with Crippen LogP contribution in [-0.2, 0) is 38.1 Å². The number of esters is 3. The van der Waals surface area contributed by atoms with Gasteiger partial charge in [0.05, 0.1) is 0 Å². The van der Waals surface area contributed by atoms with Gasteiger partial charge in [0.1, 0.15) is 6.10 Å². The van der Waals surface area contributed by atoms with Crippen molar-refractivity contribution in [1.29, 1.82) is 0 Å². The van der Waals surface area contributed by atoms with Gasteiger partial charge in [-0.2, -0.15) is 0 Å². The molecule has 0 aromatic carbocycles. The van der Waals surface area contributed by atoms with Gasteiger partial charge < -0.3 is 23.7 Å². The molecule has 0 radical (unpaired) electrons. The first-order valence-corrected chi connectivity index (χ1v) is 9.40. The average Bonchev–Trinajstić information content (AvgIpc) is 2.63. The molecule has 0 bridgehead atoms. The zero-order valence-electron chi connectivity index (χ0n) is 15.9. The lowest BCUT2D eigenvalue weighted by molar-refractivity contribution is -0.293. The molecule has 0 N–H and O–H groups in total. The van der Waals surface area contributed by atoms with Crippen LogP contribution in [-0.4, -0.2) is 71.4 Å². The van der Waals surface area contributed by atoms with Crippen molar-refractivity contribution in [3.05, 3.63) is 18.5 Å². The zero-order valence-corrected chi connectivity index (χ0v) is 16.7. The van der Waals surface area contributed by atoms with Gasteiger partial charge in [-0.3, -0.25) is 14.4 Å². The van der Waals surface area contributed by atoms with Crippen molar-refractivity contribution in [3.63, 3.8) is 0 Å². The third-order valence-corrected chi connectivity index (χ3v) is 4.61. The lowest BCUT2D eigenvalue weighted by Crippen LogP contribution is -2.62. The first-order valence-electron chi connectivity index (χ1n) is 8.41. The van der Waals surface area contributed by atoms with E-state index in [4.69, 9.17) is 23.7 Å². The number of carbonyl (C=O) groups excluding carboxylic acids is 3. The van der Waals surface area contributed by atoms with Gasteiger partial charge in [0.15, 0.2) is 29.8 Å². The Kier molecular flexibility index (Phi) is 8.15. The average molecular weight is 414 g/mol. The summed E-state index contributed by atoms with van der Waals surface area (Å²) < 4.78 is 27.1. The second-order valence-corrected chi connectivity index (χ2v) is 6.83.